The van der Waals surface area contributed by atoms with E-state index in [1.165, 1.54) is 0 Å². The number of aromatic hydroxyl groups is 1. The number of unbranched alkanes of at least 4 members (excludes halogenated alkanes) is 1. The number of hydrogen-bond donors (Lipinski definition) is 1. The number of ether oxygens (including phenoxy) is 2. The molecule has 28 heavy (non-hydrogen) atoms. The van der Waals surface area contributed by atoms with Crippen LogP contribution in [-0.4, -0.2) is 30.4 Å². The summed E-state index contributed by atoms with van der Waals surface area (Å²) in [5.41, 5.74) is 1.76. The molecule has 0 atom stereocenters. The number of nitrogens with zero attached hydrogens (tertiary/aromatic N) is 1. The lowest BCUT2D eigenvalue weighted by atomic mass is 10.0. The number of fused-ring (bicyclic) bond motifs is 2. The predicted molar refractivity (Wildman–Crippen MR) is 107 cm³/mol. The topological polar surface area (TPSA) is 72.1 Å². The maximum atomic E-state index is 12.7. The molecule has 6 nitrogen and oxygen atoms in total. The Morgan fingerprint density at radius 3 is 2.75 bits per heavy atom. The Morgan fingerprint density at radius 2 is 1.93 bits per heavy atom. The van der Waals surface area contributed by atoms with Crippen LogP contribution in [0, 0.1) is 0 Å². The molecule has 1 N–H and O–H groups in total. The Morgan fingerprint density at radius 1 is 1.11 bits per heavy atom. The van der Waals surface area contributed by atoms with E-state index in [0.717, 1.165) is 24.8 Å². The fourth-order valence-electron chi connectivity index (χ4n) is 3.43. The summed E-state index contributed by atoms with van der Waals surface area (Å²) in [7, 11) is 1.99. The van der Waals surface area contributed by atoms with Gasteiger partial charge in [-0.25, -0.2) is 4.79 Å². The molecule has 0 saturated heterocycles. The minimum atomic E-state index is -0.450. The third kappa shape index (κ3) is 3.43. The fourth-order valence-corrected chi connectivity index (χ4v) is 3.43. The first-order valence-electron chi connectivity index (χ1n) is 9.44. The summed E-state index contributed by atoms with van der Waals surface area (Å²) in [6, 6.07) is 10.6. The minimum absolute atomic E-state index is 0.134. The van der Waals surface area contributed by atoms with Crippen LogP contribution < -0.4 is 15.1 Å². The van der Waals surface area contributed by atoms with Crippen molar-refractivity contribution >= 4 is 11.0 Å². The molecular formula is C22H23NO5. The Hall–Kier alpha value is -2.99. The standard InChI is InChI=1S/C22H23NO5/c1-3-4-9-23(2)12-17-18(24)7-5-15-10-16(22(25)28-21(15)17)14-6-8-19-20(11-14)27-13-26-19/h5-8,10-11,24H,3-4,9,12-13H2,1-2H3. The van der Waals surface area contributed by atoms with Gasteiger partial charge in [-0.2, -0.15) is 0 Å². The van der Waals surface area contributed by atoms with Crippen LogP contribution in [-0.2, 0) is 6.54 Å². The number of benzene rings is 2. The van der Waals surface area contributed by atoms with E-state index < -0.39 is 5.63 Å². The largest absolute Gasteiger partial charge is 0.507 e. The van der Waals surface area contributed by atoms with Gasteiger partial charge >= 0.3 is 5.63 Å². The van der Waals surface area contributed by atoms with Gasteiger partial charge < -0.3 is 23.9 Å². The number of phenols is 1. The van der Waals surface area contributed by atoms with Gasteiger partial charge in [0.05, 0.1) is 11.1 Å². The van der Waals surface area contributed by atoms with E-state index in [4.69, 9.17) is 13.9 Å². The first kappa shape index (κ1) is 18.4. The molecule has 0 bridgehead atoms. The van der Waals surface area contributed by atoms with Gasteiger partial charge in [0.25, 0.3) is 0 Å². The summed E-state index contributed by atoms with van der Waals surface area (Å²) in [5.74, 6) is 1.41. The van der Waals surface area contributed by atoms with Gasteiger partial charge in [0, 0.05) is 11.9 Å². The molecule has 0 saturated carbocycles. The van der Waals surface area contributed by atoms with Gasteiger partial charge in [-0.3, -0.25) is 0 Å². The number of phenolic OH excluding ortho intramolecular Hbond substituents is 1. The predicted octanol–water partition coefficient (Wildman–Crippen LogP) is 4.13. The number of hydrogen-bond acceptors (Lipinski definition) is 6. The van der Waals surface area contributed by atoms with Gasteiger partial charge in [-0.1, -0.05) is 19.4 Å². The van der Waals surface area contributed by atoms with E-state index in [2.05, 4.69) is 11.8 Å². The fraction of sp³-hybridized carbons (Fsp3) is 0.318. The van der Waals surface area contributed by atoms with Crippen LogP contribution in [0.4, 0.5) is 0 Å². The van der Waals surface area contributed by atoms with Crippen molar-refractivity contribution in [1.29, 1.82) is 0 Å². The zero-order chi connectivity index (χ0) is 19.7. The van der Waals surface area contributed by atoms with Crippen molar-refractivity contribution in [1.82, 2.24) is 4.90 Å². The third-order valence-corrected chi connectivity index (χ3v) is 4.99. The van der Waals surface area contributed by atoms with Gasteiger partial charge in [-0.05, 0) is 55.9 Å². The Kier molecular flexibility index (Phi) is 4.96. The maximum absolute atomic E-state index is 12.7. The maximum Gasteiger partial charge on any atom is 0.344 e. The first-order chi connectivity index (χ1) is 13.6. The van der Waals surface area contributed by atoms with Gasteiger partial charge in [-0.15, -0.1) is 0 Å². The second-order valence-electron chi connectivity index (χ2n) is 7.09. The van der Waals surface area contributed by atoms with Crippen molar-refractivity contribution in [2.75, 3.05) is 20.4 Å². The molecule has 1 aromatic heterocycles. The normalized spacial score (nSPS) is 12.8. The quantitative estimate of drug-likeness (QED) is 0.648. The lowest BCUT2D eigenvalue weighted by Crippen LogP contribution is -2.19. The third-order valence-electron chi connectivity index (χ3n) is 4.99. The van der Waals surface area contributed by atoms with Crippen LogP contribution in [0.15, 0.2) is 45.6 Å². The van der Waals surface area contributed by atoms with Crippen LogP contribution in [0.3, 0.4) is 0 Å². The molecule has 0 fully saturated rings. The van der Waals surface area contributed by atoms with E-state index in [0.29, 0.717) is 40.3 Å². The molecule has 0 unspecified atom stereocenters. The highest BCUT2D eigenvalue weighted by atomic mass is 16.7. The van der Waals surface area contributed by atoms with E-state index in [-0.39, 0.29) is 12.5 Å². The minimum Gasteiger partial charge on any atom is -0.507 e. The van der Waals surface area contributed by atoms with Crippen molar-refractivity contribution in [2.24, 2.45) is 0 Å². The van der Waals surface area contributed by atoms with Crippen molar-refractivity contribution in [3.8, 4) is 28.4 Å². The van der Waals surface area contributed by atoms with Crippen molar-refractivity contribution < 1.29 is 19.0 Å². The molecular weight excluding hydrogens is 358 g/mol. The molecule has 1 aliphatic heterocycles. The van der Waals surface area contributed by atoms with Crippen LogP contribution in [0.25, 0.3) is 22.1 Å². The molecule has 146 valence electrons. The molecule has 0 radical (unpaired) electrons. The summed E-state index contributed by atoms with van der Waals surface area (Å²) in [4.78, 5) is 14.8. The summed E-state index contributed by atoms with van der Waals surface area (Å²) < 4.78 is 16.4. The van der Waals surface area contributed by atoms with Crippen LogP contribution in [0.1, 0.15) is 25.3 Å². The van der Waals surface area contributed by atoms with Crippen LogP contribution in [0.5, 0.6) is 17.2 Å². The zero-order valence-corrected chi connectivity index (χ0v) is 16.0. The SMILES string of the molecule is CCCCN(C)Cc1c(O)ccc2cc(-c3ccc4c(c3)OCO4)c(=O)oc12. The molecule has 3 aromatic rings. The molecule has 2 heterocycles. The van der Waals surface area contributed by atoms with E-state index in [9.17, 15) is 9.90 Å². The second kappa shape index (κ2) is 7.56. The molecule has 2 aromatic carbocycles. The molecule has 6 heteroatoms. The average Bonchev–Trinajstić information content (AvgIpc) is 3.16. The highest BCUT2D eigenvalue weighted by molar-refractivity contribution is 5.86. The zero-order valence-electron chi connectivity index (χ0n) is 16.0. The Bertz CT molecular complexity index is 1070. The Balaban J connectivity index is 1.75. The highest BCUT2D eigenvalue weighted by Crippen LogP contribution is 2.36. The lowest BCUT2D eigenvalue weighted by molar-refractivity contribution is 0.174. The summed E-state index contributed by atoms with van der Waals surface area (Å²) >= 11 is 0. The van der Waals surface area contributed by atoms with Gasteiger partial charge in [0.1, 0.15) is 11.3 Å². The Labute approximate surface area is 162 Å². The molecule has 0 aliphatic carbocycles. The summed E-state index contributed by atoms with van der Waals surface area (Å²) in [6.07, 6.45) is 2.17. The van der Waals surface area contributed by atoms with E-state index in [1.807, 2.05) is 13.1 Å². The number of rotatable bonds is 6. The molecule has 0 amide bonds. The van der Waals surface area contributed by atoms with Crippen molar-refractivity contribution in [2.45, 2.75) is 26.3 Å². The summed E-state index contributed by atoms with van der Waals surface area (Å²) in [5, 5.41) is 11.1. The van der Waals surface area contributed by atoms with E-state index >= 15 is 0 Å². The monoisotopic (exact) mass is 381 g/mol. The van der Waals surface area contributed by atoms with E-state index in [1.54, 1.807) is 30.3 Å². The van der Waals surface area contributed by atoms with Crippen molar-refractivity contribution in [3.63, 3.8) is 0 Å². The molecule has 1 aliphatic rings. The van der Waals surface area contributed by atoms with Crippen LogP contribution in [0.2, 0.25) is 0 Å². The van der Waals surface area contributed by atoms with Gasteiger partial charge in [0.2, 0.25) is 6.79 Å². The average molecular weight is 381 g/mol. The molecule has 0 spiro atoms. The van der Waals surface area contributed by atoms with Gasteiger partial charge in [0.15, 0.2) is 11.5 Å². The van der Waals surface area contributed by atoms with Crippen molar-refractivity contribution in [3.05, 3.63) is 52.4 Å². The first-order valence-corrected chi connectivity index (χ1v) is 9.44. The highest BCUT2D eigenvalue weighted by Gasteiger charge is 2.18. The lowest BCUT2D eigenvalue weighted by Gasteiger charge is -2.18. The molecule has 4 rings (SSSR count). The summed E-state index contributed by atoms with van der Waals surface area (Å²) in [6.45, 7) is 3.74. The van der Waals surface area contributed by atoms with Crippen LogP contribution >= 0.6 is 0 Å². The smallest absolute Gasteiger partial charge is 0.344 e. The second-order valence-corrected chi connectivity index (χ2v) is 7.09.